The first-order valence-electron chi connectivity index (χ1n) is 6.43. The van der Waals surface area contributed by atoms with Gasteiger partial charge >= 0.3 is 0 Å². The maximum absolute atomic E-state index is 12.4. The lowest BCUT2D eigenvalue weighted by atomic mass is 10.1. The molecule has 1 aliphatic rings. The molecule has 6 heteroatoms. The number of likely N-dealkylation sites (tertiary alicyclic amines) is 1. The number of carbonyl (C=O) groups excluding carboxylic acids is 2. The topological polar surface area (TPSA) is 89.4 Å². The van der Waals surface area contributed by atoms with E-state index in [-0.39, 0.29) is 24.4 Å². The quantitative estimate of drug-likeness (QED) is 0.873. The van der Waals surface area contributed by atoms with Crippen molar-refractivity contribution < 1.29 is 9.59 Å². The van der Waals surface area contributed by atoms with Crippen LogP contribution >= 0.6 is 12.4 Å². The van der Waals surface area contributed by atoms with E-state index in [0.717, 1.165) is 6.42 Å². The third-order valence-electron chi connectivity index (χ3n) is 3.67. The number of halogens is 1. The number of nitrogens with zero attached hydrogens (tertiary/aromatic N) is 1. The number of hydrogen-bond acceptors (Lipinski definition) is 3. The van der Waals surface area contributed by atoms with Crippen molar-refractivity contribution in [1.29, 1.82) is 0 Å². The first kappa shape index (κ1) is 16.5. The molecule has 0 spiro atoms. The van der Waals surface area contributed by atoms with E-state index >= 15 is 0 Å². The highest BCUT2D eigenvalue weighted by Crippen LogP contribution is 2.24. The van der Waals surface area contributed by atoms with Gasteiger partial charge in [0.05, 0.1) is 0 Å². The molecule has 1 fully saturated rings. The molecule has 1 aromatic rings. The van der Waals surface area contributed by atoms with E-state index < -0.39 is 5.91 Å². The van der Waals surface area contributed by atoms with Gasteiger partial charge in [0.2, 0.25) is 5.91 Å². The maximum atomic E-state index is 12.4. The van der Waals surface area contributed by atoms with Gasteiger partial charge in [-0.05, 0) is 50.1 Å². The third kappa shape index (κ3) is 3.29. The predicted octanol–water partition coefficient (Wildman–Crippen LogP) is 1.02. The summed E-state index contributed by atoms with van der Waals surface area (Å²) in [7, 11) is 0. The van der Waals surface area contributed by atoms with Gasteiger partial charge in [-0.15, -0.1) is 12.4 Å². The van der Waals surface area contributed by atoms with E-state index in [1.54, 1.807) is 24.3 Å². The van der Waals surface area contributed by atoms with Gasteiger partial charge < -0.3 is 16.4 Å². The summed E-state index contributed by atoms with van der Waals surface area (Å²) in [6.45, 7) is 3.34. The van der Waals surface area contributed by atoms with Crippen molar-refractivity contribution in [2.45, 2.75) is 19.4 Å². The Labute approximate surface area is 124 Å². The van der Waals surface area contributed by atoms with Crippen LogP contribution < -0.4 is 11.5 Å². The summed E-state index contributed by atoms with van der Waals surface area (Å²) >= 11 is 0. The first-order chi connectivity index (χ1) is 9.02. The van der Waals surface area contributed by atoms with Gasteiger partial charge in [0.15, 0.2) is 0 Å². The summed E-state index contributed by atoms with van der Waals surface area (Å²) in [5, 5.41) is 0. The summed E-state index contributed by atoms with van der Waals surface area (Å²) in [5.74, 6) is -0.125. The summed E-state index contributed by atoms with van der Waals surface area (Å²) in [4.78, 5) is 25.2. The van der Waals surface area contributed by atoms with Gasteiger partial charge in [-0.2, -0.15) is 0 Å². The molecule has 0 saturated carbocycles. The maximum Gasteiger partial charge on any atom is 0.254 e. The van der Waals surface area contributed by atoms with Crippen molar-refractivity contribution in [3.8, 4) is 0 Å². The molecule has 110 valence electrons. The van der Waals surface area contributed by atoms with Gasteiger partial charge in [0, 0.05) is 23.7 Å². The van der Waals surface area contributed by atoms with Crippen molar-refractivity contribution in [3.63, 3.8) is 0 Å². The highest BCUT2D eigenvalue weighted by Gasteiger charge is 2.31. The summed E-state index contributed by atoms with van der Waals surface area (Å²) < 4.78 is 0. The van der Waals surface area contributed by atoms with Gasteiger partial charge in [0.1, 0.15) is 0 Å². The monoisotopic (exact) mass is 297 g/mol. The van der Waals surface area contributed by atoms with Gasteiger partial charge in [0.25, 0.3) is 5.91 Å². The molecule has 2 rings (SSSR count). The predicted molar refractivity (Wildman–Crippen MR) is 79.9 cm³/mol. The van der Waals surface area contributed by atoms with Crippen LogP contribution in [-0.4, -0.2) is 35.8 Å². The van der Waals surface area contributed by atoms with Gasteiger partial charge in [-0.25, -0.2) is 0 Å². The minimum Gasteiger partial charge on any atom is -0.366 e. The molecule has 1 aliphatic heterocycles. The van der Waals surface area contributed by atoms with Crippen LogP contribution in [0.5, 0.6) is 0 Å². The summed E-state index contributed by atoms with van der Waals surface area (Å²) in [6, 6.07) is 6.65. The van der Waals surface area contributed by atoms with Crippen LogP contribution in [0.4, 0.5) is 0 Å². The molecule has 0 radical (unpaired) electrons. The summed E-state index contributed by atoms with van der Waals surface area (Å²) in [6.07, 6.45) is 0.946. The molecule has 0 aromatic heterocycles. The van der Waals surface area contributed by atoms with Crippen LogP contribution in [0.3, 0.4) is 0 Å². The third-order valence-corrected chi connectivity index (χ3v) is 3.67. The van der Waals surface area contributed by atoms with E-state index in [9.17, 15) is 9.59 Å². The molecule has 0 bridgehead atoms. The lowest BCUT2D eigenvalue weighted by molar-refractivity contribution is 0.0743. The molecule has 1 heterocycles. The second-order valence-corrected chi connectivity index (χ2v) is 5.09. The van der Waals surface area contributed by atoms with Crippen LogP contribution in [0.1, 0.15) is 34.1 Å². The van der Waals surface area contributed by atoms with Crippen LogP contribution in [0.2, 0.25) is 0 Å². The number of carbonyl (C=O) groups is 2. The van der Waals surface area contributed by atoms with E-state index in [4.69, 9.17) is 11.5 Å². The Balaban J connectivity index is 0.00000200. The number of nitrogens with two attached hydrogens (primary N) is 2. The highest BCUT2D eigenvalue weighted by atomic mass is 35.5. The number of amides is 2. The van der Waals surface area contributed by atoms with Gasteiger partial charge in [-0.1, -0.05) is 0 Å². The Morgan fingerprint density at radius 1 is 1.25 bits per heavy atom. The number of hydrogen-bond donors (Lipinski definition) is 2. The number of rotatable bonds is 3. The highest BCUT2D eigenvalue weighted by molar-refractivity contribution is 5.97. The Hall–Kier alpha value is -1.59. The van der Waals surface area contributed by atoms with E-state index in [0.29, 0.717) is 30.1 Å². The van der Waals surface area contributed by atoms with E-state index in [1.165, 1.54) is 0 Å². The molecule has 2 amide bonds. The van der Waals surface area contributed by atoms with Crippen LogP contribution in [-0.2, 0) is 0 Å². The Bertz CT molecular complexity index is 490. The van der Waals surface area contributed by atoms with Crippen molar-refractivity contribution in [2.75, 3.05) is 13.1 Å². The average Bonchev–Trinajstić information content (AvgIpc) is 2.79. The van der Waals surface area contributed by atoms with E-state index in [2.05, 4.69) is 0 Å². The SMILES string of the molecule is CC1CC(CN)CN1C(=O)c1ccc(C(N)=O)cc1.Cl. The number of primary amides is 1. The molecule has 4 N–H and O–H groups in total. The second-order valence-electron chi connectivity index (χ2n) is 5.09. The first-order valence-corrected chi connectivity index (χ1v) is 6.43. The smallest absolute Gasteiger partial charge is 0.254 e. The molecular formula is C14H20ClN3O2. The fraction of sp³-hybridized carbons (Fsp3) is 0.429. The van der Waals surface area contributed by atoms with Crippen LogP contribution in [0.15, 0.2) is 24.3 Å². The van der Waals surface area contributed by atoms with Crippen molar-refractivity contribution in [2.24, 2.45) is 17.4 Å². The van der Waals surface area contributed by atoms with Crippen LogP contribution in [0.25, 0.3) is 0 Å². The Morgan fingerprint density at radius 2 is 1.80 bits per heavy atom. The zero-order chi connectivity index (χ0) is 14.0. The molecule has 2 unspecified atom stereocenters. The van der Waals surface area contributed by atoms with Crippen molar-refractivity contribution in [1.82, 2.24) is 4.90 Å². The minimum atomic E-state index is -0.489. The zero-order valence-corrected chi connectivity index (χ0v) is 12.2. The molecule has 0 aliphatic carbocycles. The summed E-state index contributed by atoms with van der Waals surface area (Å²) in [5.41, 5.74) is 11.8. The normalized spacial score (nSPS) is 21.4. The fourth-order valence-corrected chi connectivity index (χ4v) is 2.54. The van der Waals surface area contributed by atoms with Crippen molar-refractivity contribution >= 4 is 24.2 Å². The number of benzene rings is 1. The molecule has 5 nitrogen and oxygen atoms in total. The largest absolute Gasteiger partial charge is 0.366 e. The average molecular weight is 298 g/mol. The Morgan fingerprint density at radius 3 is 2.25 bits per heavy atom. The second kappa shape index (κ2) is 6.72. The molecule has 20 heavy (non-hydrogen) atoms. The molecule has 2 atom stereocenters. The van der Waals surface area contributed by atoms with E-state index in [1.807, 2.05) is 11.8 Å². The van der Waals surface area contributed by atoms with Crippen LogP contribution in [0, 0.1) is 5.92 Å². The van der Waals surface area contributed by atoms with Crippen molar-refractivity contribution in [3.05, 3.63) is 35.4 Å². The Kier molecular flexibility index (Phi) is 5.53. The molecule has 1 saturated heterocycles. The van der Waals surface area contributed by atoms with Gasteiger partial charge in [-0.3, -0.25) is 9.59 Å². The standard InChI is InChI=1S/C14H19N3O2.ClH/c1-9-6-10(7-15)8-17(9)14(19)12-4-2-11(3-5-12)13(16)18;/h2-5,9-10H,6-8,15H2,1H3,(H2,16,18);1H. The lowest BCUT2D eigenvalue weighted by Crippen LogP contribution is -2.34. The minimum absolute atomic E-state index is 0. The molecule has 1 aromatic carbocycles. The lowest BCUT2D eigenvalue weighted by Gasteiger charge is -2.21. The molecular weight excluding hydrogens is 278 g/mol. The zero-order valence-electron chi connectivity index (χ0n) is 11.4. The fourth-order valence-electron chi connectivity index (χ4n) is 2.54.